The molecule has 6 heteroatoms. The Kier molecular flexibility index (Phi) is 2.85. The topological polar surface area (TPSA) is 63.6 Å². The van der Waals surface area contributed by atoms with Gasteiger partial charge in [-0.15, -0.1) is 11.3 Å². The number of nitrogens with one attached hydrogen (secondary N) is 1. The van der Waals surface area contributed by atoms with Crippen LogP contribution in [0.5, 0.6) is 0 Å². The summed E-state index contributed by atoms with van der Waals surface area (Å²) in [5.74, 6) is 1.62. The minimum atomic E-state index is 0.630. The summed E-state index contributed by atoms with van der Waals surface area (Å²) in [7, 11) is 0. The molecule has 5 nitrogen and oxygen atoms in total. The molecule has 0 bridgehead atoms. The van der Waals surface area contributed by atoms with Crippen LogP contribution in [0.2, 0.25) is 0 Å². The summed E-state index contributed by atoms with van der Waals surface area (Å²) in [4.78, 5) is 17.9. The van der Waals surface area contributed by atoms with Crippen molar-refractivity contribution >= 4 is 27.4 Å². The van der Waals surface area contributed by atoms with Crippen molar-refractivity contribution in [2.75, 3.05) is 5.32 Å². The van der Waals surface area contributed by atoms with E-state index in [4.69, 9.17) is 0 Å². The van der Waals surface area contributed by atoms with Gasteiger partial charge in [-0.25, -0.2) is 19.9 Å². The van der Waals surface area contributed by atoms with E-state index in [0.29, 0.717) is 6.54 Å². The number of hydrogen-bond acceptors (Lipinski definition) is 6. The summed E-state index contributed by atoms with van der Waals surface area (Å²) >= 11 is 1.61. The second-order valence-corrected chi connectivity index (χ2v) is 4.71. The highest BCUT2D eigenvalue weighted by atomic mass is 32.1. The van der Waals surface area contributed by atoms with E-state index in [1.807, 2.05) is 24.4 Å². The third kappa shape index (κ3) is 2.14. The molecule has 18 heavy (non-hydrogen) atoms. The van der Waals surface area contributed by atoms with E-state index in [0.717, 1.165) is 27.6 Å². The molecule has 0 fully saturated rings. The fraction of sp³-hybridized carbons (Fsp3) is 0.167. The Morgan fingerprint density at radius 1 is 1.22 bits per heavy atom. The smallest absolute Gasteiger partial charge is 0.138 e. The molecule has 1 N–H and O–H groups in total. The lowest BCUT2D eigenvalue weighted by atomic mass is 10.3. The number of aromatic nitrogens is 4. The zero-order chi connectivity index (χ0) is 12.4. The highest BCUT2D eigenvalue weighted by Gasteiger charge is 2.04. The molecule has 0 aliphatic rings. The Morgan fingerprint density at radius 2 is 2.17 bits per heavy atom. The van der Waals surface area contributed by atoms with Gasteiger partial charge in [-0.3, -0.25) is 0 Å². The van der Waals surface area contributed by atoms with E-state index in [9.17, 15) is 0 Å². The largest absolute Gasteiger partial charge is 0.364 e. The van der Waals surface area contributed by atoms with Crippen LogP contribution >= 0.6 is 11.3 Å². The first-order valence-electron chi connectivity index (χ1n) is 5.53. The van der Waals surface area contributed by atoms with Crippen LogP contribution < -0.4 is 5.32 Å². The van der Waals surface area contributed by atoms with Crippen LogP contribution in [-0.2, 0) is 6.54 Å². The molecule has 0 aliphatic carbocycles. The minimum absolute atomic E-state index is 0.630. The van der Waals surface area contributed by atoms with Crippen LogP contribution in [0.3, 0.4) is 0 Å². The van der Waals surface area contributed by atoms with Gasteiger partial charge in [-0.05, 0) is 24.4 Å². The second-order valence-electron chi connectivity index (χ2n) is 3.81. The molecular weight excluding hydrogens is 246 g/mol. The van der Waals surface area contributed by atoms with Gasteiger partial charge >= 0.3 is 0 Å². The van der Waals surface area contributed by atoms with E-state index in [-0.39, 0.29) is 0 Å². The van der Waals surface area contributed by atoms with Gasteiger partial charge in [0, 0.05) is 6.20 Å². The maximum Gasteiger partial charge on any atom is 0.138 e. The van der Waals surface area contributed by atoms with Crippen molar-refractivity contribution < 1.29 is 0 Å². The molecular formula is C12H11N5S. The van der Waals surface area contributed by atoms with Gasteiger partial charge in [0.2, 0.25) is 0 Å². The van der Waals surface area contributed by atoms with Crippen LogP contribution in [0, 0.1) is 6.92 Å². The molecule has 0 saturated heterocycles. The lowest BCUT2D eigenvalue weighted by molar-refractivity contribution is 0.950. The summed E-state index contributed by atoms with van der Waals surface area (Å²) < 4.78 is 0. The van der Waals surface area contributed by atoms with Crippen molar-refractivity contribution in [1.82, 2.24) is 19.9 Å². The zero-order valence-electron chi connectivity index (χ0n) is 9.79. The summed E-state index contributed by atoms with van der Waals surface area (Å²) in [6.07, 6.45) is 3.34. The van der Waals surface area contributed by atoms with Crippen molar-refractivity contribution in [3.8, 4) is 0 Å². The third-order valence-electron chi connectivity index (χ3n) is 2.53. The van der Waals surface area contributed by atoms with Crippen LogP contribution in [0.4, 0.5) is 5.82 Å². The molecule has 0 saturated carbocycles. The Hall–Kier alpha value is -2.08. The first-order chi connectivity index (χ1) is 8.83. The van der Waals surface area contributed by atoms with E-state index in [2.05, 4.69) is 25.3 Å². The molecule has 0 amide bonds. The molecule has 0 unspecified atom stereocenters. The zero-order valence-corrected chi connectivity index (χ0v) is 10.6. The molecule has 3 rings (SSSR count). The molecule has 0 aliphatic heterocycles. The van der Waals surface area contributed by atoms with E-state index in [1.165, 1.54) is 0 Å². The summed E-state index contributed by atoms with van der Waals surface area (Å²) in [6, 6.07) is 3.92. The fourth-order valence-corrected chi connectivity index (χ4v) is 2.44. The monoisotopic (exact) mass is 257 g/mol. The lowest BCUT2D eigenvalue weighted by Crippen LogP contribution is -2.04. The number of aryl methyl sites for hydroxylation is 1. The molecule has 3 aromatic heterocycles. The standard InChI is InChI=1S/C12H11N5S/c1-8-13-4-2-9(17-8)6-14-11-10-3-5-18-12(10)16-7-15-11/h2-5,7H,6H2,1H3,(H,14,15,16). The van der Waals surface area contributed by atoms with Crippen molar-refractivity contribution in [1.29, 1.82) is 0 Å². The van der Waals surface area contributed by atoms with Gasteiger partial charge < -0.3 is 5.32 Å². The minimum Gasteiger partial charge on any atom is -0.364 e. The van der Waals surface area contributed by atoms with Gasteiger partial charge in [0.25, 0.3) is 0 Å². The lowest BCUT2D eigenvalue weighted by Gasteiger charge is -2.06. The van der Waals surface area contributed by atoms with Crippen molar-refractivity contribution in [2.24, 2.45) is 0 Å². The summed E-state index contributed by atoms with van der Waals surface area (Å²) in [6.45, 7) is 2.51. The Balaban J connectivity index is 1.83. The van der Waals surface area contributed by atoms with Crippen LogP contribution in [0.1, 0.15) is 11.5 Å². The number of anilines is 1. The molecule has 90 valence electrons. The maximum absolute atomic E-state index is 4.34. The fourth-order valence-electron chi connectivity index (χ4n) is 1.71. The Morgan fingerprint density at radius 3 is 3.06 bits per heavy atom. The van der Waals surface area contributed by atoms with E-state index >= 15 is 0 Å². The molecule has 3 aromatic rings. The average Bonchev–Trinajstić information content (AvgIpc) is 2.85. The van der Waals surface area contributed by atoms with Gasteiger partial charge in [0.15, 0.2) is 0 Å². The van der Waals surface area contributed by atoms with Gasteiger partial charge in [-0.1, -0.05) is 0 Å². The number of rotatable bonds is 3. The predicted molar refractivity (Wildman–Crippen MR) is 71.5 cm³/mol. The van der Waals surface area contributed by atoms with Crippen LogP contribution in [0.15, 0.2) is 30.0 Å². The normalized spacial score (nSPS) is 10.7. The number of nitrogens with zero attached hydrogens (tertiary/aromatic N) is 4. The second kappa shape index (κ2) is 4.66. The first kappa shape index (κ1) is 11.0. The molecule has 0 radical (unpaired) electrons. The number of hydrogen-bond donors (Lipinski definition) is 1. The maximum atomic E-state index is 4.34. The SMILES string of the molecule is Cc1nccc(CNc2ncnc3sccc23)n1. The Labute approximate surface area is 108 Å². The van der Waals surface area contributed by atoms with E-state index in [1.54, 1.807) is 23.9 Å². The highest BCUT2D eigenvalue weighted by Crippen LogP contribution is 2.23. The van der Waals surface area contributed by atoms with Crippen LogP contribution in [-0.4, -0.2) is 19.9 Å². The Bertz CT molecular complexity index is 679. The predicted octanol–water partition coefficient (Wildman–Crippen LogP) is 2.40. The summed E-state index contributed by atoms with van der Waals surface area (Å²) in [5.41, 5.74) is 0.949. The first-order valence-corrected chi connectivity index (χ1v) is 6.41. The van der Waals surface area contributed by atoms with Crippen molar-refractivity contribution in [3.05, 3.63) is 41.6 Å². The van der Waals surface area contributed by atoms with Crippen LogP contribution in [0.25, 0.3) is 10.2 Å². The van der Waals surface area contributed by atoms with Crippen molar-refractivity contribution in [2.45, 2.75) is 13.5 Å². The van der Waals surface area contributed by atoms with Crippen molar-refractivity contribution in [3.63, 3.8) is 0 Å². The molecule has 0 spiro atoms. The average molecular weight is 257 g/mol. The quantitative estimate of drug-likeness (QED) is 0.780. The third-order valence-corrected chi connectivity index (χ3v) is 3.35. The molecule has 0 atom stereocenters. The van der Waals surface area contributed by atoms with Gasteiger partial charge in [0.05, 0.1) is 17.6 Å². The number of fused-ring (bicyclic) bond motifs is 1. The summed E-state index contributed by atoms with van der Waals surface area (Å²) in [5, 5.41) is 6.35. The number of thiophene rings is 1. The van der Waals surface area contributed by atoms with E-state index < -0.39 is 0 Å². The van der Waals surface area contributed by atoms with Gasteiger partial charge in [0.1, 0.15) is 22.8 Å². The molecule has 0 aromatic carbocycles. The molecule has 3 heterocycles. The highest BCUT2D eigenvalue weighted by molar-refractivity contribution is 7.16. The van der Waals surface area contributed by atoms with Gasteiger partial charge in [-0.2, -0.15) is 0 Å².